The van der Waals surface area contributed by atoms with E-state index in [4.69, 9.17) is 5.11 Å². The number of aryl methyl sites for hydroxylation is 2. The fraction of sp³-hybridized carbons (Fsp3) is 0.588. The van der Waals surface area contributed by atoms with Gasteiger partial charge in [0.25, 0.3) is 0 Å². The summed E-state index contributed by atoms with van der Waals surface area (Å²) in [7, 11) is 0. The standard InChI is InChI=1S/C17H22F2O2/c1-12-9-13(15(19)10-14(12)18)5-8-17(11-16(20)21)6-3-2-4-7-17/h9-10H,2-8,11H2,1H3,(H,20,21). The van der Waals surface area contributed by atoms with Crippen LogP contribution < -0.4 is 0 Å². The lowest BCUT2D eigenvalue weighted by Gasteiger charge is -2.36. The molecule has 0 heterocycles. The van der Waals surface area contributed by atoms with Crippen molar-refractivity contribution in [2.45, 2.75) is 58.3 Å². The molecule has 1 fully saturated rings. The van der Waals surface area contributed by atoms with Crippen LogP contribution in [0.5, 0.6) is 0 Å². The van der Waals surface area contributed by atoms with Crippen molar-refractivity contribution in [2.75, 3.05) is 0 Å². The smallest absolute Gasteiger partial charge is 0.303 e. The van der Waals surface area contributed by atoms with Crippen molar-refractivity contribution in [3.05, 3.63) is 34.9 Å². The minimum atomic E-state index is -0.785. The molecule has 0 saturated heterocycles. The maximum Gasteiger partial charge on any atom is 0.303 e. The van der Waals surface area contributed by atoms with Gasteiger partial charge in [-0.05, 0) is 49.1 Å². The van der Waals surface area contributed by atoms with E-state index in [2.05, 4.69) is 0 Å². The first-order chi connectivity index (χ1) is 9.92. The Bertz CT molecular complexity index is 520. The van der Waals surface area contributed by atoms with E-state index in [1.807, 2.05) is 0 Å². The first kappa shape index (κ1) is 15.9. The summed E-state index contributed by atoms with van der Waals surface area (Å²) in [5.41, 5.74) is 0.699. The van der Waals surface area contributed by atoms with Gasteiger partial charge >= 0.3 is 5.97 Å². The molecule has 2 rings (SSSR count). The molecule has 1 aliphatic carbocycles. The summed E-state index contributed by atoms with van der Waals surface area (Å²) in [6.07, 6.45) is 6.28. The maximum atomic E-state index is 13.8. The first-order valence-electron chi connectivity index (χ1n) is 7.58. The molecule has 4 heteroatoms. The molecule has 1 N–H and O–H groups in total. The summed E-state index contributed by atoms with van der Waals surface area (Å²) in [6, 6.07) is 2.47. The Balaban J connectivity index is 2.11. The van der Waals surface area contributed by atoms with Crippen molar-refractivity contribution in [1.82, 2.24) is 0 Å². The Labute approximate surface area is 124 Å². The van der Waals surface area contributed by atoms with Gasteiger partial charge in [-0.1, -0.05) is 25.3 Å². The van der Waals surface area contributed by atoms with Crippen LogP contribution in [0.25, 0.3) is 0 Å². The summed E-state index contributed by atoms with van der Waals surface area (Å²) < 4.78 is 27.1. The van der Waals surface area contributed by atoms with Crippen LogP contribution >= 0.6 is 0 Å². The molecule has 2 nitrogen and oxygen atoms in total. The summed E-state index contributed by atoms with van der Waals surface area (Å²) in [4.78, 5) is 11.1. The van der Waals surface area contributed by atoms with Crippen LogP contribution in [0.4, 0.5) is 8.78 Å². The molecule has 0 bridgehead atoms. The molecular weight excluding hydrogens is 274 g/mol. The molecule has 1 aromatic carbocycles. The van der Waals surface area contributed by atoms with Crippen LogP contribution in [0.1, 0.15) is 56.1 Å². The third-order valence-electron chi connectivity index (χ3n) is 4.69. The number of carbonyl (C=O) groups is 1. The van der Waals surface area contributed by atoms with Crippen LogP contribution in [0.2, 0.25) is 0 Å². The van der Waals surface area contributed by atoms with Gasteiger partial charge in [-0.15, -0.1) is 0 Å². The zero-order valence-electron chi connectivity index (χ0n) is 12.4. The number of benzene rings is 1. The van der Waals surface area contributed by atoms with E-state index in [-0.39, 0.29) is 11.8 Å². The molecule has 1 saturated carbocycles. The number of hydrogen-bond donors (Lipinski definition) is 1. The average molecular weight is 296 g/mol. The van der Waals surface area contributed by atoms with Gasteiger partial charge < -0.3 is 5.11 Å². The van der Waals surface area contributed by atoms with E-state index < -0.39 is 17.6 Å². The minimum Gasteiger partial charge on any atom is -0.481 e. The molecule has 1 aromatic rings. The number of halogens is 2. The Hall–Kier alpha value is -1.45. The molecule has 0 atom stereocenters. The van der Waals surface area contributed by atoms with Gasteiger partial charge in [0, 0.05) is 6.07 Å². The van der Waals surface area contributed by atoms with Gasteiger partial charge in [0.15, 0.2) is 0 Å². The third kappa shape index (κ3) is 4.02. The summed E-state index contributed by atoms with van der Waals surface area (Å²) in [5, 5.41) is 9.14. The lowest BCUT2D eigenvalue weighted by atomic mass is 9.68. The van der Waals surface area contributed by atoms with Crippen LogP contribution in [0.15, 0.2) is 12.1 Å². The summed E-state index contributed by atoms with van der Waals surface area (Å²) >= 11 is 0. The Morgan fingerprint density at radius 2 is 1.86 bits per heavy atom. The van der Waals surface area contributed by atoms with Crippen LogP contribution in [0, 0.1) is 24.0 Å². The van der Waals surface area contributed by atoms with E-state index in [9.17, 15) is 13.6 Å². The van der Waals surface area contributed by atoms with Gasteiger partial charge in [-0.3, -0.25) is 4.79 Å². The van der Waals surface area contributed by atoms with Crippen LogP contribution in [0.3, 0.4) is 0 Å². The fourth-order valence-electron chi connectivity index (χ4n) is 3.45. The highest BCUT2D eigenvalue weighted by molar-refractivity contribution is 5.67. The van der Waals surface area contributed by atoms with Gasteiger partial charge in [0.05, 0.1) is 6.42 Å². The number of rotatable bonds is 5. The highest BCUT2D eigenvalue weighted by Gasteiger charge is 2.34. The van der Waals surface area contributed by atoms with Crippen molar-refractivity contribution >= 4 is 5.97 Å². The third-order valence-corrected chi connectivity index (χ3v) is 4.69. The number of carboxylic acids is 1. The summed E-state index contributed by atoms with van der Waals surface area (Å²) in [5.74, 6) is -1.85. The highest BCUT2D eigenvalue weighted by Crippen LogP contribution is 2.43. The summed E-state index contributed by atoms with van der Waals surface area (Å²) in [6.45, 7) is 1.62. The largest absolute Gasteiger partial charge is 0.481 e. The van der Waals surface area contributed by atoms with Gasteiger partial charge in [-0.2, -0.15) is 0 Å². The molecule has 0 amide bonds. The molecule has 0 unspecified atom stereocenters. The molecule has 0 aliphatic heterocycles. The predicted octanol–water partition coefficient (Wildman–Crippen LogP) is 4.63. The zero-order chi connectivity index (χ0) is 15.5. The molecule has 1 aliphatic rings. The van der Waals surface area contributed by atoms with Crippen LogP contribution in [-0.4, -0.2) is 11.1 Å². The minimum absolute atomic E-state index is 0.148. The second-order valence-electron chi connectivity index (χ2n) is 6.32. The van der Waals surface area contributed by atoms with Crippen LogP contribution in [-0.2, 0) is 11.2 Å². The Kier molecular flexibility index (Phi) is 4.96. The number of aliphatic carboxylic acids is 1. The van der Waals surface area contributed by atoms with Gasteiger partial charge in [0.1, 0.15) is 11.6 Å². The topological polar surface area (TPSA) is 37.3 Å². The Morgan fingerprint density at radius 3 is 2.48 bits per heavy atom. The SMILES string of the molecule is Cc1cc(CCC2(CC(=O)O)CCCCC2)c(F)cc1F. The van der Waals surface area contributed by atoms with E-state index in [1.54, 1.807) is 13.0 Å². The Morgan fingerprint density at radius 1 is 1.19 bits per heavy atom. The number of carboxylic acid groups (broad SMARTS) is 1. The molecular formula is C17H22F2O2. The first-order valence-corrected chi connectivity index (χ1v) is 7.58. The lowest BCUT2D eigenvalue weighted by molar-refractivity contribution is -0.140. The van der Waals surface area contributed by atoms with E-state index >= 15 is 0 Å². The van der Waals surface area contributed by atoms with Crippen molar-refractivity contribution < 1.29 is 18.7 Å². The predicted molar refractivity (Wildman–Crippen MR) is 77.2 cm³/mol. The van der Waals surface area contributed by atoms with Crippen molar-refractivity contribution in [1.29, 1.82) is 0 Å². The van der Waals surface area contributed by atoms with E-state index in [1.165, 1.54) is 0 Å². The van der Waals surface area contributed by atoms with Gasteiger partial charge in [-0.25, -0.2) is 8.78 Å². The average Bonchev–Trinajstić information content (AvgIpc) is 2.42. The quantitative estimate of drug-likeness (QED) is 0.860. The normalized spacial score (nSPS) is 17.7. The highest BCUT2D eigenvalue weighted by atomic mass is 19.1. The lowest BCUT2D eigenvalue weighted by Crippen LogP contribution is -2.28. The molecule has 0 aromatic heterocycles. The van der Waals surface area contributed by atoms with E-state index in [0.717, 1.165) is 38.2 Å². The molecule has 21 heavy (non-hydrogen) atoms. The maximum absolute atomic E-state index is 13.8. The fourth-order valence-corrected chi connectivity index (χ4v) is 3.45. The monoisotopic (exact) mass is 296 g/mol. The van der Waals surface area contributed by atoms with Crippen molar-refractivity contribution in [2.24, 2.45) is 5.41 Å². The van der Waals surface area contributed by atoms with Crippen molar-refractivity contribution in [3.63, 3.8) is 0 Å². The van der Waals surface area contributed by atoms with E-state index in [0.29, 0.717) is 24.0 Å². The second kappa shape index (κ2) is 6.54. The van der Waals surface area contributed by atoms with Crippen molar-refractivity contribution in [3.8, 4) is 0 Å². The zero-order valence-corrected chi connectivity index (χ0v) is 12.4. The molecule has 0 radical (unpaired) electrons. The number of hydrogen-bond acceptors (Lipinski definition) is 1. The molecule has 116 valence electrons. The molecule has 0 spiro atoms. The van der Waals surface area contributed by atoms with Gasteiger partial charge in [0.2, 0.25) is 0 Å². The second-order valence-corrected chi connectivity index (χ2v) is 6.32.